The van der Waals surface area contributed by atoms with Gasteiger partial charge >= 0.3 is 11.8 Å². The summed E-state index contributed by atoms with van der Waals surface area (Å²) in [7, 11) is 0. The van der Waals surface area contributed by atoms with Crippen molar-refractivity contribution in [2.75, 3.05) is 38.2 Å². The largest absolute Gasteiger partial charge is 0.484 e. The molecule has 3 rings (SSSR count). The summed E-state index contributed by atoms with van der Waals surface area (Å²) in [5.74, 6) is -1.35. The van der Waals surface area contributed by atoms with Crippen LogP contribution in [-0.4, -0.2) is 61.7 Å². The van der Waals surface area contributed by atoms with Crippen molar-refractivity contribution in [1.29, 1.82) is 0 Å². The maximum absolute atomic E-state index is 12.1. The van der Waals surface area contributed by atoms with E-state index < -0.39 is 11.8 Å². The van der Waals surface area contributed by atoms with E-state index in [1.165, 1.54) is 12.3 Å². The Morgan fingerprint density at radius 3 is 2.55 bits per heavy atom. The maximum Gasteiger partial charge on any atom is 0.329 e. The molecule has 2 aromatic carbocycles. The molecule has 0 aliphatic carbocycles. The third-order valence-corrected chi connectivity index (χ3v) is 4.51. The number of anilines is 1. The highest BCUT2D eigenvalue weighted by Gasteiger charge is 2.17. The van der Waals surface area contributed by atoms with Crippen molar-refractivity contribution in [3.63, 3.8) is 0 Å². The van der Waals surface area contributed by atoms with Crippen molar-refractivity contribution in [2.45, 2.75) is 0 Å². The van der Waals surface area contributed by atoms with Crippen molar-refractivity contribution < 1.29 is 23.9 Å². The molecule has 0 spiro atoms. The summed E-state index contributed by atoms with van der Waals surface area (Å²) >= 11 is 5.83. The molecule has 0 radical (unpaired) electrons. The van der Waals surface area contributed by atoms with Gasteiger partial charge in [-0.2, -0.15) is 5.10 Å². The summed E-state index contributed by atoms with van der Waals surface area (Å²) in [6, 6.07) is 13.2. The number of ether oxygens (including phenoxy) is 2. The summed E-state index contributed by atoms with van der Waals surface area (Å²) in [6.07, 6.45) is 1.38. The van der Waals surface area contributed by atoms with Gasteiger partial charge in [-0.1, -0.05) is 17.7 Å². The average molecular weight is 445 g/mol. The molecule has 2 N–H and O–H groups in total. The predicted molar refractivity (Wildman–Crippen MR) is 115 cm³/mol. The van der Waals surface area contributed by atoms with Crippen molar-refractivity contribution in [1.82, 2.24) is 10.3 Å². The highest BCUT2D eigenvalue weighted by Crippen LogP contribution is 2.14. The number of halogens is 1. The van der Waals surface area contributed by atoms with Gasteiger partial charge in [-0.3, -0.25) is 14.4 Å². The minimum Gasteiger partial charge on any atom is -0.484 e. The molecular formula is C21H21ClN4O5. The fraction of sp³-hybridized carbons (Fsp3) is 0.238. The van der Waals surface area contributed by atoms with Crippen LogP contribution in [0.5, 0.6) is 5.75 Å². The van der Waals surface area contributed by atoms with Gasteiger partial charge in [-0.05, 0) is 48.0 Å². The normalized spacial score (nSPS) is 13.6. The van der Waals surface area contributed by atoms with Gasteiger partial charge in [0.05, 0.1) is 19.4 Å². The molecular weight excluding hydrogens is 424 g/mol. The molecule has 2 aromatic rings. The summed E-state index contributed by atoms with van der Waals surface area (Å²) in [4.78, 5) is 37.5. The molecule has 0 unspecified atom stereocenters. The van der Waals surface area contributed by atoms with Gasteiger partial charge in [0.1, 0.15) is 5.75 Å². The number of hydrogen-bond donors (Lipinski definition) is 2. The fourth-order valence-corrected chi connectivity index (χ4v) is 2.86. The van der Waals surface area contributed by atoms with Gasteiger partial charge < -0.3 is 19.7 Å². The van der Waals surface area contributed by atoms with Crippen LogP contribution >= 0.6 is 11.6 Å². The number of carbonyl (C=O) groups excluding carboxylic acids is 3. The van der Waals surface area contributed by atoms with E-state index in [-0.39, 0.29) is 12.5 Å². The average Bonchev–Trinajstić information content (AvgIpc) is 2.79. The first kappa shape index (κ1) is 22.3. The van der Waals surface area contributed by atoms with Gasteiger partial charge in [-0.15, -0.1) is 0 Å². The Morgan fingerprint density at radius 1 is 1.10 bits per heavy atom. The van der Waals surface area contributed by atoms with E-state index >= 15 is 0 Å². The van der Waals surface area contributed by atoms with Crippen LogP contribution in [0.15, 0.2) is 53.6 Å². The van der Waals surface area contributed by atoms with Crippen molar-refractivity contribution in [3.8, 4) is 5.75 Å². The van der Waals surface area contributed by atoms with Crippen molar-refractivity contribution in [3.05, 3.63) is 59.1 Å². The summed E-state index contributed by atoms with van der Waals surface area (Å²) in [5.41, 5.74) is 3.22. The number of carbonyl (C=O) groups is 3. The lowest BCUT2D eigenvalue weighted by molar-refractivity contribution is -0.137. The zero-order valence-electron chi connectivity index (χ0n) is 16.5. The standard InChI is InChI=1S/C21H21ClN4O5/c22-16-2-1-3-17(12-16)24-20(28)21(29)25-23-13-15-4-6-18(7-5-15)31-14-19(27)26-8-10-30-11-9-26/h1-7,12-13H,8-11,14H2,(H,24,28)(H,25,29)/b23-13-. The first-order valence-corrected chi connectivity index (χ1v) is 9.87. The molecule has 31 heavy (non-hydrogen) atoms. The Morgan fingerprint density at radius 2 is 1.84 bits per heavy atom. The SMILES string of the molecule is O=C(N/N=C\c1ccc(OCC(=O)N2CCOCC2)cc1)C(=O)Nc1cccc(Cl)c1. The Balaban J connectivity index is 1.42. The Bertz CT molecular complexity index is 958. The Labute approximate surface area is 184 Å². The van der Waals surface area contributed by atoms with Crippen LogP contribution in [0.1, 0.15) is 5.56 Å². The lowest BCUT2D eigenvalue weighted by atomic mass is 10.2. The number of hydrogen-bond acceptors (Lipinski definition) is 6. The molecule has 1 heterocycles. The van der Waals surface area contributed by atoms with Crippen LogP contribution in [0.3, 0.4) is 0 Å². The van der Waals surface area contributed by atoms with Gasteiger partial charge in [0.25, 0.3) is 5.91 Å². The second kappa shape index (κ2) is 11.1. The third kappa shape index (κ3) is 7.09. The lowest BCUT2D eigenvalue weighted by Gasteiger charge is -2.26. The van der Waals surface area contributed by atoms with E-state index in [0.717, 1.165) is 0 Å². The molecule has 0 atom stereocenters. The molecule has 162 valence electrons. The van der Waals surface area contributed by atoms with Crippen LogP contribution in [0.4, 0.5) is 5.69 Å². The molecule has 1 fully saturated rings. The second-order valence-corrected chi connectivity index (χ2v) is 6.95. The maximum atomic E-state index is 12.1. The van der Waals surface area contributed by atoms with Crippen LogP contribution in [0, 0.1) is 0 Å². The van der Waals surface area contributed by atoms with Crippen LogP contribution < -0.4 is 15.5 Å². The zero-order chi connectivity index (χ0) is 22.1. The van der Waals surface area contributed by atoms with Gasteiger partial charge in [-0.25, -0.2) is 5.43 Å². The molecule has 1 aliphatic heterocycles. The predicted octanol–water partition coefficient (Wildman–Crippen LogP) is 1.67. The molecule has 3 amide bonds. The minimum atomic E-state index is -0.919. The summed E-state index contributed by atoms with van der Waals surface area (Å²) in [6.45, 7) is 2.17. The molecule has 1 saturated heterocycles. The highest BCUT2D eigenvalue weighted by molar-refractivity contribution is 6.39. The van der Waals surface area contributed by atoms with Gasteiger partial charge in [0, 0.05) is 23.8 Å². The number of hydrazone groups is 1. The molecule has 0 saturated carbocycles. The molecule has 0 bridgehead atoms. The number of amides is 3. The van der Waals surface area contributed by atoms with E-state index in [1.54, 1.807) is 47.4 Å². The van der Waals surface area contributed by atoms with E-state index in [2.05, 4.69) is 15.8 Å². The van der Waals surface area contributed by atoms with Gasteiger partial charge in [0.2, 0.25) is 0 Å². The number of nitrogens with one attached hydrogen (secondary N) is 2. The molecule has 10 heteroatoms. The zero-order valence-corrected chi connectivity index (χ0v) is 17.3. The van der Waals surface area contributed by atoms with Crippen LogP contribution in [-0.2, 0) is 19.1 Å². The number of morpholine rings is 1. The molecule has 9 nitrogen and oxygen atoms in total. The first-order valence-electron chi connectivity index (χ1n) is 9.49. The van der Waals surface area contributed by atoms with E-state index in [1.807, 2.05) is 0 Å². The van der Waals surface area contributed by atoms with E-state index in [9.17, 15) is 14.4 Å². The number of rotatable bonds is 6. The number of benzene rings is 2. The summed E-state index contributed by atoms with van der Waals surface area (Å²) < 4.78 is 10.7. The van der Waals surface area contributed by atoms with E-state index in [4.69, 9.17) is 21.1 Å². The fourth-order valence-electron chi connectivity index (χ4n) is 2.67. The van der Waals surface area contributed by atoms with Crippen molar-refractivity contribution in [2.24, 2.45) is 5.10 Å². The van der Waals surface area contributed by atoms with Crippen molar-refractivity contribution >= 4 is 41.2 Å². The monoisotopic (exact) mass is 444 g/mol. The Kier molecular flexibility index (Phi) is 7.97. The molecule has 0 aromatic heterocycles. The Hall–Kier alpha value is -3.43. The first-order chi connectivity index (χ1) is 15.0. The third-order valence-electron chi connectivity index (χ3n) is 4.27. The van der Waals surface area contributed by atoms with E-state index in [0.29, 0.717) is 48.3 Å². The van der Waals surface area contributed by atoms with Crippen LogP contribution in [0.2, 0.25) is 5.02 Å². The quantitative estimate of drug-likeness (QED) is 0.400. The summed E-state index contributed by atoms with van der Waals surface area (Å²) in [5, 5.41) is 6.62. The van der Waals surface area contributed by atoms with Gasteiger partial charge in [0.15, 0.2) is 6.61 Å². The number of nitrogens with zero attached hydrogens (tertiary/aromatic N) is 2. The topological polar surface area (TPSA) is 109 Å². The minimum absolute atomic E-state index is 0.0504. The second-order valence-electron chi connectivity index (χ2n) is 6.51. The highest BCUT2D eigenvalue weighted by atomic mass is 35.5. The molecule has 1 aliphatic rings. The lowest BCUT2D eigenvalue weighted by Crippen LogP contribution is -2.42. The smallest absolute Gasteiger partial charge is 0.329 e. The van der Waals surface area contributed by atoms with Crippen LogP contribution in [0.25, 0.3) is 0 Å².